The van der Waals surface area contributed by atoms with Crippen LogP contribution in [0.2, 0.25) is 0 Å². The summed E-state index contributed by atoms with van der Waals surface area (Å²) in [6.07, 6.45) is 2.70. The molecule has 0 radical (unpaired) electrons. The van der Waals surface area contributed by atoms with Gasteiger partial charge in [0.15, 0.2) is 0 Å². The van der Waals surface area contributed by atoms with E-state index in [0.717, 1.165) is 5.75 Å². The minimum Gasteiger partial charge on any atom is -0.491 e. The summed E-state index contributed by atoms with van der Waals surface area (Å²) in [6.45, 7) is 4.08. The normalized spacial score (nSPS) is 17.5. The lowest BCUT2D eigenvalue weighted by Gasteiger charge is -2.20. The average molecular weight is 220 g/mol. The van der Waals surface area contributed by atoms with Gasteiger partial charge in [-0.05, 0) is 38.7 Å². The molecule has 2 rings (SSSR count). The SMILES string of the molecule is CC(C)Oc1ccccc1C(NN)C1CC1. The molecular weight excluding hydrogens is 200 g/mol. The predicted molar refractivity (Wildman–Crippen MR) is 65.0 cm³/mol. The maximum Gasteiger partial charge on any atom is 0.124 e. The maximum atomic E-state index is 5.81. The van der Waals surface area contributed by atoms with Crippen LogP contribution in [0.25, 0.3) is 0 Å². The summed E-state index contributed by atoms with van der Waals surface area (Å²) in [5, 5.41) is 0. The Bertz CT molecular complexity index is 348. The molecule has 1 unspecified atom stereocenters. The van der Waals surface area contributed by atoms with Crippen LogP contribution in [0.15, 0.2) is 24.3 Å². The Morgan fingerprint density at radius 3 is 2.56 bits per heavy atom. The van der Waals surface area contributed by atoms with Crippen molar-refractivity contribution in [1.29, 1.82) is 0 Å². The van der Waals surface area contributed by atoms with E-state index in [0.29, 0.717) is 5.92 Å². The third kappa shape index (κ3) is 2.54. The highest BCUT2D eigenvalue weighted by atomic mass is 16.5. The monoisotopic (exact) mass is 220 g/mol. The molecule has 0 spiro atoms. The zero-order valence-electron chi connectivity index (χ0n) is 9.94. The average Bonchev–Trinajstić information content (AvgIpc) is 3.05. The molecule has 0 aliphatic heterocycles. The molecule has 0 bridgehead atoms. The fourth-order valence-corrected chi connectivity index (χ4v) is 2.01. The summed E-state index contributed by atoms with van der Waals surface area (Å²) in [5.74, 6) is 7.26. The number of benzene rings is 1. The lowest BCUT2D eigenvalue weighted by atomic mass is 10.0. The topological polar surface area (TPSA) is 47.3 Å². The van der Waals surface area contributed by atoms with E-state index in [2.05, 4.69) is 11.5 Å². The fraction of sp³-hybridized carbons (Fsp3) is 0.538. The highest BCUT2D eigenvalue weighted by Crippen LogP contribution is 2.43. The molecule has 1 aliphatic carbocycles. The third-order valence-electron chi connectivity index (χ3n) is 2.89. The van der Waals surface area contributed by atoms with E-state index in [1.54, 1.807) is 0 Å². The van der Waals surface area contributed by atoms with Crippen molar-refractivity contribution >= 4 is 0 Å². The van der Waals surface area contributed by atoms with Crippen molar-refractivity contribution in [2.24, 2.45) is 11.8 Å². The van der Waals surface area contributed by atoms with Crippen LogP contribution in [0.1, 0.15) is 38.3 Å². The molecule has 3 N–H and O–H groups in total. The van der Waals surface area contributed by atoms with E-state index in [9.17, 15) is 0 Å². The van der Waals surface area contributed by atoms with E-state index in [4.69, 9.17) is 10.6 Å². The predicted octanol–water partition coefficient (Wildman–Crippen LogP) is 2.39. The van der Waals surface area contributed by atoms with Crippen LogP contribution in [-0.4, -0.2) is 6.10 Å². The standard InChI is InChI=1S/C13H20N2O/c1-9(2)16-12-6-4-3-5-11(12)13(15-14)10-7-8-10/h3-6,9-10,13,15H,7-8,14H2,1-2H3. The van der Waals surface area contributed by atoms with Crippen molar-refractivity contribution in [3.63, 3.8) is 0 Å². The van der Waals surface area contributed by atoms with Gasteiger partial charge in [-0.2, -0.15) is 0 Å². The number of nitrogens with one attached hydrogen (secondary N) is 1. The Labute approximate surface area is 97.0 Å². The highest BCUT2D eigenvalue weighted by molar-refractivity contribution is 5.37. The summed E-state index contributed by atoms with van der Waals surface area (Å²) < 4.78 is 5.81. The van der Waals surface area contributed by atoms with Gasteiger partial charge in [-0.15, -0.1) is 0 Å². The number of hydrogen-bond donors (Lipinski definition) is 2. The van der Waals surface area contributed by atoms with E-state index in [1.807, 2.05) is 32.0 Å². The Hall–Kier alpha value is -1.06. The van der Waals surface area contributed by atoms with Crippen LogP contribution in [0, 0.1) is 5.92 Å². The molecule has 88 valence electrons. The van der Waals surface area contributed by atoms with Crippen molar-refractivity contribution in [2.75, 3.05) is 0 Å². The molecule has 0 aromatic heterocycles. The first-order valence-electron chi connectivity index (χ1n) is 5.94. The van der Waals surface area contributed by atoms with Gasteiger partial charge in [0.1, 0.15) is 5.75 Å². The number of hydrazine groups is 1. The lowest BCUT2D eigenvalue weighted by Crippen LogP contribution is -2.30. The van der Waals surface area contributed by atoms with Gasteiger partial charge in [-0.1, -0.05) is 18.2 Å². The summed E-state index contributed by atoms with van der Waals surface area (Å²) in [4.78, 5) is 0. The summed E-state index contributed by atoms with van der Waals surface area (Å²) in [6, 6.07) is 8.38. The van der Waals surface area contributed by atoms with E-state index in [-0.39, 0.29) is 12.1 Å². The minimum atomic E-state index is 0.193. The van der Waals surface area contributed by atoms with E-state index >= 15 is 0 Å². The van der Waals surface area contributed by atoms with E-state index < -0.39 is 0 Å². The van der Waals surface area contributed by atoms with Crippen molar-refractivity contribution in [1.82, 2.24) is 5.43 Å². The summed E-state index contributed by atoms with van der Waals surface area (Å²) >= 11 is 0. The number of rotatable bonds is 5. The van der Waals surface area contributed by atoms with Gasteiger partial charge in [0.25, 0.3) is 0 Å². The molecule has 3 nitrogen and oxygen atoms in total. The van der Waals surface area contributed by atoms with Crippen molar-refractivity contribution in [2.45, 2.75) is 38.8 Å². The second kappa shape index (κ2) is 4.85. The first kappa shape index (κ1) is 11.4. The van der Waals surface area contributed by atoms with E-state index in [1.165, 1.54) is 18.4 Å². The molecular formula is C13H20N2O. The molecule has 0 heterocycles. The zero-order chi connectivity index (χ0) is 11.5. The lowest BCUT2D eigenvalue weighted by molar-refractivity contribution is 0.236. The smallest absolute Gasteiger partial charge is 0.124 e. The van der Waals surface area contributed by atoms with Gasteiger partial charge in [0, 0.05) is 5.56 Å². The largest absolute Gasteiger partial charge is 0.491 e. The molecule has 3 heteroatoms. The van der Waals surface area contributed by atoms with Crippen LogP contribution >= 0.6 is 0 Å². The molecule has 1 saturated carbocycles. The molecule has 1 aromatic rings. The van der Waals surface area contributed by atoms with Gasteiger partial charge in [0.05, 0.1) is 12.1 Å². The van der Waals surface area contributed by atoms with Crippen LogP contribution in [0.3, 0.4) is 0 Å². The van der Waals surface area contributed by atoms with Gasteiger partial charge in [-0.3, -0.25) is 11.3 Å². The summed E-state index contributed by atoms with van der Waals surface area (Å²) in [5.41, 5.74) is 4.10. The molecule has 0 saturated heterocycles. The number of ether oxygens (including phenoxy) is 1. The van der Waals surface area contributed by atoms with Gasteiger partial charge >= 0.3 is 0 Å². The number of para-hydroxylation sites is 1. The van der Waals surface area contributed by atoms with Crippen LogP contribution in [-0.2, 0) is 0 Å². The number of nitrogens with two attached hydrogens (primary N) is 1. The second-order valence-corrected chi connectivity index (χ2v) is 4.69. The van der Waals surface area contributed by atoms with Gasteiger partial charge in [0.2, 0.25) is 0 Å². The Balaban J connectivity index is 2.23. The van der Waals surface area contributed by atoms with Crippen LogP contribution in [0.5, 0.6) is 5.75 Å². The fourth-order valence-electron chi connectivity index (χ4n) is 2.01. The third-order valence-corrected chi connectivity index (χ3v) is 2.89. The quantitative estimate of drug-likeness (QED) is 0.591. The molecule has 1 aromatic carbocycles. The second-order valence-electron chi connectivity index (χ2n) is 4.69. The first-order valence-corrected chi connectivity index (χ1v) is 5.94. The molecule has 1 aliphatic rings. The van der Waals surface area contributed by atoms with Gasteiger partial charge < -0.3 is 4.74 Å². The first-order chi connectivity index (χ1) is 7.72. The molecule has 0 amide bonds. The molecule has 16 heavy (non-hydrogen) atoms. The van der Waals surface area contributed by atoms with Crippen molar-refractivity contribution in [3.8, 4) is 5.75 Å². The van der Waals surface area contributed by atoms with Crippen LogP contribution < -0.4 is 16.0 Å². The maximum absolute atomic E-state index is 5.81. The minimum absolute atomic E-state index is 0.193. The molecule has 1 atom stereocenters. The van der Waals surface area contributed by atoms with Gasteiger partial charge in [-0.25, -0.2) is 0 Å². The summed E-state index contributed by atoms with van der Waals surface area (Å²) in [7, 11) is 0. The molecule has 1 fully saturated rings. The van der Waals surface area contributed by atoms with Crippen molar-refractivity contribution in [3.05, 3.63) is 29.8 Å². The van der Waals surface area contributed by atoms with Crippen molar-refractivity contribution < 1.29 is 4.74 Å². The highest BCUT2D eigenvalue weighted by Gasteiger charge is 2.33. The van der Waals surface area contributed by atoms with Crippen LogP contribution in [0.4, 0.5) is 0 Å². The zero-order valence-corrected chi connectivity index (χ0v) is 9.94. The number of hydrogen-bond acceptors (Lipinski definition) is 3. The Morgan fingerprint density at radius 1 is 1.31 bits per heavy atom. The Morgan fingerprint density at radius 2 is 2.00 bits per heavy atom. The Kier molecular flexibility index (Phi) is 3.46.